The van der Waals surface area contributed by atoms with E-state index in [4.69, 9.17) is 0 Å². The van der Waals surface area contributed by atoms with Crippen molar-refractivity contribution in [3.05, 3.63) is 121 Å². The maximum atomic E-state index is 12.3. The fourth-order valence-electron chi connectivity index (χ4n) is 4.33. The van der Waals surface area contributed by atoms with Crippen LogP contribution in [0.25, 0.3) is 22.3 Å². The van der Waals surface area contributed by atoms with Gasteiger partial charge >= 0.3 is 51.2 Å². The zero-order valence-electron chi connectivity index (χ0n) is 20.8. The van der Waals surface area contributed by atoms with E-state index in [1.54, 1.807) is 0 Å². The second-order valence-electron chi connectivity index (χ2n) is 7.94. The summed E-state index contributed by atoms with van der Waals surface area (Å²) in [7, 11) is 0. The second-order valence-corrected chi connectivity index (χ2v) is 7.94. The van der Waals surface area contributed by atoms with E-state index in [0.29, 0.717) is 0 Å². The first-order valence-electron chi connectivity index (χ1n) is 10.7. The topological polar surface area (TPSA) is 388 Å². The number of hydrogen-bond donors (Lipinski definition) is 0. The molecule has 3 rings (SSSR count). The molecule has 0 atom stereocenters. The minimum absolute atomic E-state index is 0.747. The van der Waals surface area contributed by atoms with Gasteiger partial charge in [0.2, 0.25) is 0 Å². The van der Waals surface area contributed by atoms with Crippen LogP contribution >= 0.6 is 0 Å². The highest BCUT2D eigenvalue weighted by Crippen LogP contribution is 2.62. The molecule has 27 nitrogen and oxygen atoms in total. The fourth-order valence-corrected chi connectivity index (χ4v) is 4.33. The fraction of sp³-hybridized carbons (Fsp3) is 0. The molecule has 0 aromatic heterocycles. The van der Waals surface area contributed by atoms with Gasteiger partial charge in [0.25, 0.3) is 0 Å². The summed E-state index contributed by atoms with van der Waals surface area (Å²) in [5, 5.41) is 108. The van der Waals surface area contributed by atoms with Gasteiger partial charge in [-0.05, 0) is 5.56 Å². The van der Waals surface area contributed by atoms with Crippen molar-refractivity contribution in [2.24, 2.45) is 0 Å². The number of hydrogen-bond acceptors (Lipinski definition) is 18. The first kappa shape index (κ1) is 31.8. The molecule has 0 fully saturated rings. The van der Waals surface area contributed by atoms with Crippen molar-refractivity contribution in [2.75, 3.05) is 0 Å². The third-order valence-corrected chi connectivity index (χ3v) is 5.72. The van der Waals surface area contributed by atoms with Gasteiger partial charge in [-0.15, -0.1) is 0 Å². The van der Waals surface area contributed by atoms with Crippen LogP contribution in [0.3, 0.4) is 0 Å². The summed E-state index contributed by atoms with van der Waals surface area (Å²) in [6.07, 6.45) is 0. The lowest BCUT2D eigenvalue weighted by Gasteiger charge is -2.13. The van der Waals surface area contributed by atoms with Gasteiger partial charge in [0, 0.05) is 0 Å². The van der Waals surface area contributed by atoms with Gasteiger partial charge in [-0.2, -0.15) is 0 Å². The Morgan fingerprint density at radius 2 is 0.511 bits per heavy atom. The second kappa shape index (κ2) is 11.3. The van der Waals surface area contributed by atoms with E-state index >= 15 is 0 Å². The standard InChI is InChI=1S/C18H5N9O18/c28-19(29)10-7(6-4-2-1-3-5-6)8(11(20(30)31)15(24(38)39)14(10)23(36)37)9-12(21(32)33)16(25(40)41)18(27(44)45)17(26(42)43)13(9)22(34)35/h1-5H. The van der Waals surface area contributed by atoms with Gasteiger partial charge in [-0.3, -0.25) is 91.0 Å². The summed E-state index contributed by atoms with van der Waals surface area (Å²) < 4.78 is 0. The Morgan fingerprint density at radius 3 is 0.778 bits per heavy atom. The average Bonchev–Trinajstić information content (AvgIpc) is 2.93. The highest BCUT2D eigenvalue weighted by atomic mass is 16.7. The van der Waals surface area contributed by atoms with Crippen LogP contribution in [0.15, 0.2) is 30.3 Å². The lowest BCUT2D eigenvalue weighted by molar-refractivity contribution is -0.459. The van der Waals surface area contributed by atoms with Gasteiger partial charge in [-0.25, -0.2) is 0 Å². The van der Waals surface area contributed by atoms with E-state index < -0.39 is 118 Å². The monoisotopic (exact) mass is 635 g/mol. The summed E-state index contributed by atoms with van der Waals surface area (Å²) in [5.74, 6) is 0. The normalized spacial score (nSPS) is 10.5. The summed E-state index contributed by atoms with van der Waals surface area (Å²) in [6.45, 7) is 0. The molecule has 0 saturated carbocycles. The summed E-state index contributed by atoms with van der Waals surface area (Å²) in [4.78, 5) is 90.9. The van der Waals surface area contributed by atoms with Crippen molar-refractivity contribution < 1.29 is 44.3 Å². The predicted octanol–water partition coefficient (Wildman–Crippen LogP) is 4.19. The van der Waals surface area contributed by atoms with E-state index in [9.17, 15) is 91.0 Å². The zero-order chi connectivity index (χ0) is 34.2. The lowest BCUT2D eigenvalue weighted by Crippen LogP contribution is -2.13. The molecule has 0 aliphatic heterocycles. The molecule has 0 amide bonds. The van der Waals surface area contributed by atoms with Crippen LogP contribution in [-0.4, -0.2) is 44.3 Å². The molecule has 0 bridgehead atoms. The van der Waals surface area contributed by atoms with Crippen LogP contribution in [0.4, 0.5) is 51.2 Å². The van der Waals surface area contributed by atoms with Crippen molar-refractivity contribution in [2.45, 2.75) is 0 Å². The number of rotatable bonds is 11. The summed E-state index contributed by atoms with van der Waals surface area (Å²) in [6, 6.07) is 4.61. The van der Waals surface area contributed by atoms with E-state index in [-0.39, 0.29) is 0 Å². The molecule has 45 heavy (non-hydrogen) atoms. The first-order chi connectivity index (χ1) is 20.9. The SMILES string of the molecule is O=[N+]([O-])c1c(-c2ccccc2)c(-c2c([N+](=O)[O-])c([N+](=O)[O-])c([N+](=O)[O-])c([N+](=O)[O-])c2[N+](=O)[O-])c([N+](=O)[O-])c([N+](=O)[O-])c1[N+](=O)[O-]. The molecule has 0 saturated heterocycles. The molecule has 0 N–H and O–H groups in total. The molecule has 0 spiro atoms. The Hall–Kier alpha value is -7.74. The van der Waals surface area contributed by atoms with Gasteiger partial charge < -0.3 is 0 Å². The Balaban J connectivity index is 3.16. The zero-order valence-corrected chi connectivity index (χ0v) is 20.8. The molecule has 3 aromatic rings. The quantitative estimate of drug-likeness (QED) is 0.210. The third kappa shape index (κ3) is 5.00. The van der Waals surface area contributed by atoms with Crippen molar-refractivity contribution in [1.82, 2.24) is 0 Å². The van der Waals surface area contributed by atoms with Crippen molar-refractivity contribution in [3.8, 4) is 22.3 Å². The Morgan fingerprint density at radius 1 is 0.289 bits per heavy atom. The molecular formula is C18H5N9O18. The molecule has 0 aliphatic carbocycles. The number of benzene rings is 3. The molecule has 0 unspecified atom stereocenters. The van der Waals surface area contributed by atoms with Crippen LogP contribution < -0.4 is 0 Å². The van der Waals surface area contributed by atoms with E-state index in [1.165, 1.54) is 0 Å². The highest BCUT2D eigenvalue weighted by Gasteiger charge is 2.59. The smallest absolute Gasteiger partial charge is 0.258 e. The average molecular weight is 635 g/mol. The predicted molar refractivity (Wildman–Crippen MR) is 137 cm³/mol. The minimum atomic E-state index is -2.51. The Bertz CT molecular complexity index is 1900. The van der Waals surface area contributed by atoms with Gasteiger partial charge in [0.1, 0.15) is 0 Å². The first-order valence-corrected chi connectivity index (χ1v) is 10.7. The minimum Gasteiger partial charge on any atom is -0.258 e. The maximum absolute atomic E-state index is 12.3. The van der Waals surface area contributed by atoms with Crippen LogP contribution in [0.1, 0.15) is 0 Å². The van der Waals surface area contributed by atoms with Crippen LogP contribution in [-0.2, 0) is 0 Å². The lowest BCUT2D eigenvalue weighted by atomic mass is 9.87. The molecule has 3 aromatic carbocycles. The maximum Gasteiger partial charge on any atom is 0.437 e. The van der Waals surface area contributed by atoms with Crippen LogP contribution in [0.2, 0.25) is 0 Å². The Kier molecular flexibility index (Phi) is 7.96. The number of nitro benzene ring substituents is 9. The van der Waals surface area contributed by atoms with Gasteiger partial charge in [0.05, 0.1) is 55.4 Å². The molecule has 230 valence electrons. The molecule has 0 aliphatic rings. The van der Waals surface area contributed by atoms with Crippen molar-refractivity contribution in [1.29, 1.82) is 0 Å². The number of nitrogens with zero attached hydrogens (tertiary/aromatic N) is 9. The summed E-state index contributed by atoms with van der Waals surface area (Å²) in [5.41, 5.74) is -28.4. The Labute approximate surface area is 239 Å². The van der Waals surface area contributed by atoms with E-state index in [2.05, 4.69) is 0 Å². The molecule has 0 heterocycles. The largest absolute Gasteiger partial charge is 0.437 e. The van der Waals surface area contributed by atoms with Crippen LogP contribution in [0, 0.1) is 91.0 Å². The number of nitro groups is 9. The van der Waals surface area contributed by atoms with Gasteiger partial charge in [0.15, 0.2) is 5.56 Å². The van der Waals surface area contributed by atoms with Crippen LogP contribution in [0.5, 0.6) is 0 Å². The van der Waals surface area contributed by atoms with E-state index in [1.807, 2.05) is 0 Å². The summed E-state index contributed by atoms with van der Waals surface area (Å²) >= 11 is 0. The van der Waals surface area contributed by atoms with E-state index in [0.717, 1.165) is 30.3 Å². The van der Waals surface area contributed by atoms with Crippen molar-refractivity contribution >= 4 is 51.2 Å². The van der Waals surface area contributed by atoms with Gasteiger partial charge in [-0.1, -0.05) is 30.3 Å². The molecular weight excluding hydrogens is 630 g/mol. The molecule has 27 heteroatoms. The van der Waals surface area contributed by atoms with Crippen molar-refractivity contribution in [3.63, 3.8) is 0 Å². The molecule has 0 radical (unpaired) electrons. The third-order valence-electron chi connectivity index (χ3n) is 5.72. The highest BCUT2D eigenvalue weighted by molar-refractivity contribution is 6.09.